The van der Waals surface area contributed by atoms with Crippen molar-refractivity contribution in [3.8, 4) is 5.75 Å². The van der Waals surface area contributed by atoms with Crippen LogP contribution in [0.15, 0.2) is 29.3 Å². The molecule has 2 atom stereocenters. The van der Waals surface area contributed by atoms with E-state index in [1.165, 1.54) is 6.42 Å². The summed E-state index contributed by atoms with van der Waals surface area (Å²) in [7, 11) is 3.48. The second kappa shape index (κ2) is 8.63. The van der Waals surface area contributed by atoms with Crippen LogP contribution in [0.3, 0.4) is 0 Å². The van der Waals surface area contributed by atoms with E-state index in [1.807, 2.05) is 31.3 Å². The van der Waals surface area contributed by atoms with Gasteiger partial charge in [-0.05, 0) is 36.5 Å². The summed E-state index contributed by atoms with van der Waals surface area (Å²) in [6.45, 7) is 4.48. The molecule has 122 valence electrons. The van der Waals surface area contributed by atoms with E-state index in [1.54, 1.807) is 7.11 Å². The molecule has 5 heteroatoms. The van der Waals surface area contributed by atoms with Crippen LogP contribution in [0, 0.1) is 5.92 Å². The van der Waals surface area contributed by atoms with Crippen molar-refractivity contribution in [2.24, 2.45) is 10.9 Å². The zero-order valence-electron chi connectivity index (χ0n) is 13.8. The minimum absolute atomic E-state index is 0.595. The summed E-state index contributed by atoms with van der Waals surface area (Å²) in [5.41, 5.74) is 1.16. The molecule has 1 saturated carbocycles. The number of benzene rings is 1. The molecule has 2 unspecified atom stereocenters. The summed E-state index contributed by atoms with van der Waals surface area (Å²) in [6.07, 6.45) is 2.20. The Morgan fingerprint density at radius 1 is 1.32 bits per heavy atom. The SMILES string of the molecule is CN=C(NCCCOCc1ccc(OC)cc1)NC1CC1C. The zero-order valence-corrected chi connectivity index (χ0v) is 13.8. The van der Waals surface area contributed by atoms with Crippen molar-refractivity contribution >= 4 is 5.96 Å². The van der Waals surface area contributed by atoms with Crippen LogP contribution in [-0.2, 0) is 11.3 Å². The van der Waals surface area contributed by atoms with Crippen molar-refractivity contribution in [2.45, 2.75) is 32.4 Å². The van der Waals surface area contributed by atoms with E-state index in [0.717, 1.165) is 42.8 Å². The van der Waals surface area contributed by atoms with E-state index >= 15 is 0 Å². The third kappa shape index (κ3) is 5.56. The van der Waals surface area contributed by atoms with Gasteiger partial charge in [0.25, 0.3) is 0 Å². The number of guanidine groups is 1. The molecule has 0 radical (unpaired) electrons. The van der Waals surface area contributed by atoms with Crippen LogP contribution in [0.5, 0.6) is 5.75 Å². The molecule has 5 nitrogen and oxygen atoms in total. The maximum absolute atomic E-state index is 5.68. The first-order chi connectivity index (χ1) is 10.7. The Bertz CT molecular complexity index is 473. The van der Waals surface area contributed by atoms with Gasteiger partial charge in [0, 0.05) is 26.2 Å². The van der Waals surface area contributed by atoms with Gasteiger partial charge < -0.3 is 20.1 Å². The normalized spacial score (nSPS) is 20.6. The van der Waals surface area contributed by atoms with Crippen LogP contribution < -0.4 is 15.4 Å². The molecule has 0 amide bonds. The van der Waals surface area contributed by atoms with Crippen LogP contribution in [0.2, 0.25) is 0 Å². The molecular weight excluding hydrogens is 278 g/mol. The predicted octanol–water partition coefficient (Wildman–Crippen LogP) is 2.18. The van der Waals surface area contributed by atoms with Crippen molar-refractivity contribution < 1.29 is 9.47 Å². The van der Waals surface area contributed by atoms with Gasteiger partial charge >= 0.3 is 0 Å². The van der Waals surface area contributed by atoms with Gasteiger partial charge in [-0.1, -0.05) is 19.1 Å². The van der Waals surface area contributed by atoms with Gasteiger partial charge in [-0.15, -0.1) is 0 Å². The maximum atomic E-state index is 5.68. The lowest BCUT2D eigenvalue weighted by Gasteiger charge is -2.11. The molecule has 1 aromatic rings. The fraction of sp³-hybridized carbons (Fsp3) is 0.588. The predicted molar refractivity (Wildman–Crippen MR) is 89.3 cm³/mol. The smallest absolute Gasteiger partial charge is 0.191 e. The molecule has 0 heterocycles. The van der Waals surface area contributed by atoms with Gasteiger partial charge in [0.1, 0.15) is 5.75 Å². The summed E-state index contributed by atoms with van der Waals surface area (Å²) in [4.78, 5) is 4.23. The lowest BCUT2D eigenvalue weighted by molar-refractivity contribution is 0.119. The second-order valence-electron chi connectivity index (χ2n) is 5.72. The van der Waals surface area contributed by atoms with E-state index in [9.17, 15) is 0 Å². The molecule has 0 saturated heterocycles. The number of ether oxygens (including phenoxy) is 2. The molecule has 0 bridgehead atoms. The molecule has 1 aromatic carbocycles. The first-order valence-corrected chi connectivity index (χ1v) is 7.90. The Balaban J connectivity index is 1.53. The van der Waals surface area contributed by atoms with Gasteiger partial charge in [-0.2, -0.15) is 0 Å². The monoisotopic (exact) mass is 305 g/mol. The minimum atomic E-state index is 0.595. The Kier molecular flexibility index (Phi) is 6.52. The van der Waals surface area contributed by atoms with Gasteiger partial charge in [-0.3, -0.25) is 4.99 Å². The van der Waals surface area contributed by atoms with Gasteiger partial charge in [-0.25, -0.2) is 0 Å². The summed E-state index contributed by atoms with van der Waals surface area (Å²) < 4.78 is 10.8. The molecule has 0 spiro atoms. The van der Waals surface area contributed by atoms with Crippen molar-refractivity contribution in [2.75, 3.05) is 27.3 Å². The van der Waals surface area contributed by atoms with Crippen LogP contribution in [0.4, 0.5) is 0 Å². The van der Waals surface area contributed by atoms with E-state index < -0.39 is 0 Å². The Hall–Kier alpha value is -1.75. The van der Waals surface area contributed by atoms with Crippen molar-refractivity contribution in [1.82, 2.24) is 10.6 Å². The number of nitrogens with one attached hydrogen (secondary N) is 2. The highest BCUT2D eigenvalue weighted by molar-refractivity contribution is 5.80. The minimum Gasteiger partial charge on any atom is -0.497 e. The number of nitrogens with zero attached hydrogens (tertiary/aromatic N) is 1. The topological polar surface area (TPSA) is 54.9 Å². The number of aliphatic imine (C=N–C) groups is 1. The van der Waals surface area contributed by atoms with Gasteiger partial charge in [0.05, 0.1) is 13.7 Å². The first kappa shape index (κ1) is 16.6. The highest BCUT2D eigenvalue weighted by Gasteiger charge is 2.33. The average Bonchev–Trinajstić information content (AvgIpc) is 3.25. The standard InChI is InChI=1S/C17H27N3O2/c1-13-11-16(13)20-17(18-2)19-9-4-10-22-12-14-5-7-15(21-3)8-6-14/h5-8,13,16H,4,9-12H2,1-3H3,(H2,18,19,20). The molecule has 2 rings (SSSR count). The Labute approximate surface area is 133 Å². The van der Waals surface area contributed by atoms with E-state index in [4.69, 9.17) is 9.47 Å². The van der Waals surface area contributed by atoms with Crippen LogP contribution in [0.25, 0.3) is 0 Å². The molecular formula is C17H27N3O2. The summed E-state index contributed by atoms with van der Waals surface area (Å²) >= 11 is 0. The molecule has 22 heavy (non-hydrogen) atoms. The van der Waals surface area contributed by atoms with E-state index in [2.05, 4.69) is 22.5 Å². The van der Waals surface area contributed by atoms with E-state index in [-0.39, 0.29) is 0 Å². The number of methoxy groups -OCH3 is 1. The Morgan fingerprint density at radius 3 is 2.64 bits per heavy atom. The second-order valence-corrected chi connectivity index (χ2v) is 5.72. The number of rotatable bonds is 8. The lowest BCUT2D eigenvalue weighted by atomic mass is 10.2. The van der Waals surface area contributed by atoms with Gasteiger partial charge in [0.2, 0.25) is 0 Å². The van der Waals surface area contributed by atoms with Crippen molar-refractivity contribution in [3.05, 3.63) is 29.8 Å². The highest BCUT2D eigenvalue weighted by atomic mass is 16.5. The summed E-state index contributed by atoms with van der Waals surface area (Å²) in [6, 6.07) is 8.56. The first-order valence-electron chi connectivity index (χ1n) is 7.90. The van der Waals surface area contributed by atoms with Crippen molar-refractivity contribution in [1.29, 1.82) is 0 Å². The van der Waals surface area contributed by atoms with Crippen LogP contribution in [-0.4, -0.2) is 39.3 Å². The van der Waals surface area contributed by atoms with Gasteiger partial charge in [0.15, 0.2) is 5.96 Å². The molecule has 0 aromatic heterocycles. The van der Waals surface area contributed by atoms with Crippen molar-refractivity contribution in [3.63, 3.8) is 0 Å². The molecule has 2 N–H and O–H groups in total. The third-order valence-electron chi connectivity index (χ3n) is 3.84. The number of hydrogen-bond donors (Lipinski definition) is 2. The Morgan fingerprint density at radius 2 is 2.05 bits per heavy atom. The summed E-state index contributed by atoms with van der Waals surface area (Å²) in [5, 5.41) is 6.72. The third-order valence-corrected chi connectivity index (χ3v) is 3.84. The molecule has 0 aliphatic heterocycles. The van der Waals surface area contributed by atoms with Crippen LogP contribution in [0.1, 0.15) is 25.3 Å². The quantitative estimate of drug-likeness (QED) is 0.439. The fourth-order valence-electron chi connectivity index (χ4n) is 2.19. The fourth-order valence-corrected chi connectivity index (χ4v) is 2.19. The molecule has 1 fully saturated rings. The van der Waals surface area contributed by atoms with Crippen LogP contribution >= 0.6 is 0 Å². The highest BCUT2D eigenvalue weighted by Crippen LogP contribution is 2.28. The van der Waals surface area contributed by atoms with E-state index in [0.29, 0.717) is 12.6 Å². The largest absolute Gasteiger partial charge is 0.497 e. The lowest BCUT2D eigenvalue weighted by Crippen LogP contribution is -2.39. The zero-order chi connectivity index (χ0) is 15.8. The summed E-state index contributed by atoms with van der Waals surface area (Å²) in [5.74, 6) is 2.53. The maximum Gasteiger partial charge on any atom is 0.191 e. The number of hydrogen-bond acceptors (Lipinski definition) is 3. The average molecular weight is 305 g/mol. The molecule has 1 aliphatic carbocycles. The molecule has 1 aliphatic rings.